The van der Waals surface area contributed by atoms with Crippen molar-refractivity contribution in [3.8, 4) is 0 Å². The zero-order valence-corrected chi connectivity index (χ0v) is 15.5. The Balaban J connectivity index is 2.02. The lowest BCUT2D eigenvalue weighted by atomic mass is 10.1. The van der Waals surface area contributed by atoms with Crippen molar-refractivity contribution in [1.29, 1.82) is 0 Å². The van der Waals surface area contributed by atoms with Gasteiger partial charge in [0.05, 0.1) is 15.7 Å². The summed E-state index contributed by atoms with van der Waals surface area (Å²) in [6, 6.07) is 10.5. The Morgan fingerprint density at radius 2 is 1.64 bits per heavy atom. The van der Waals surface area contributed by atoms with Gasteiger partial charge >= 0.3 is 6.03 Å². The number of halogens is 3. The van der Waals surface area contributed by atoms with Gasteiger partial charge in [-0.1, -0.05) is 51.3 Å². The van der Waals surface area contributed by atoms with E-state index in [1.807, 2.05) is 0 Å². The minimum absolute atomic E-state index is 0.159. The fourth-order valence-electron chi connectivity index (χ4n) is 2.24. The van der Waals surface area contributed by atoms with Crippen molar-refractivity contribution in [2.45, 2.75) is 0 Å². The van der Waals surface area contributed by atoms with Gasteiger partial charge in [0, 0.05) is 4.47 Å². The quantitative estimate of drug-likeness (QED) is 0.556. The molecule has 0 aliphatic carbocycles. The maximum atomic E-state index is 12.7. The van der Waals surface area contributed by atoms with Crippen LogP contribution in [0.25, 0.3) is 6.08 Å². The van der Waals surface area contributed by atoms with Gasteiger partial charge in [-0.25, -0.2) is 9.69 Å². The molecule has 1 fully saturated rings. The number of anilines is 1. The SMILES string of the molecule is O=C1NC(=O)N(c2ccc(Cl)c(Cl)c2)C(=O)/C1=C/c1ccc(Br)cc1. The molecule has 8 heteroatoms. The molecule has 1 heterocycles. The van der Waals surface area contributed by atoms with E-state index in [9.17, 15) is 14.4 Å². The van der Waals surface area contributed by atoms with Crippen molar-refractivity contribution in [3.63, 3.8) is 0 Å². The molecule has 3 rings (SSSR count). The molecule has 1 aliphatic rings. The molecule has 4 amide bonds. The van der Waals surface area contributed by atoms with E-state index in [1.54, 1.807) is 24.3 Å². The lowest BCUT2D eigenvalue weighted by Crippen LogP contribution is -2.54. The maximum Gasteiger partial charge on any atom is 0.335 e. The standard InChI is InChI=1S/C17H9BrCl2N2O3/c18-10-3-1-9(2-4-10)7-12-15(23)21-17(25)22(16(12)24)11-5-6-13(19)14(20)8-11/h1-8H,(H,21,23,25)/b12-7+. The van der Waals surface area contributed by atoms with Gasteiger partial charge in [0.2, 0.25) is 0 Å². The monoisotopic (exact) mass is 438 g/mol. The largest absolute Gasteiger partial charge is 0.335 e. The normalized spacial score (nSPS) is 16.4. The summed E-state index contributed by atoms with van der Waals surface area (Å²) in [5.41, 5.74) is 0.698. The van der Waals surface area contributed by atoms with Gasteiger partial charge in [0.25, 0.3) is 11.8 Å². The fraction of sp³-hybridized carbons (Fsp3) is 0. The van der Waals surface area contributed by atoms with Crippen LogP contribution in [0.15, 0.2) is 52.5 Å². The molecule has 0 aromatic heterocycles. The van der Waals surface area contributed by atoms with Gasteiger partial charge in [-0.15, -0.1) is 0 Å². The van der Waals surface area contributed by atoms with Crippen molar-refractivity contribution >= 4 is 68.7 Å². The first-order valence-corrected chi connectivity index (χ1v) is 8.54. The first-order valence-electron chi connectivity index (χ1n) is 6.99. The second-order valence-corrected chi connectivity index (χ2v) is 6.84. The molecule has 0 radical (unpaired) electrons. The topological polar surface area (TPSA) is 66.5 Å². The summed E-state index contributed by atoms with van der Waals surface area (Å²) in [4.78, 5) is 37.7. The van der Waals surface area contributed by atoms with Crippen LogP contribution in [0.2, 0.25) is 10.0 Å². The van der Waals surface area contributed by atoms with Crippen LogP contribution in [0.5, 0.6) is 0 Å². The number of nitrogens with zero attached hydrogens (tertiary/aromatic N) is 1. The Labute approximate surface area is 161 Å². The number of carbonyl (C=O) groups excluding carboxylic acids is 3. The fourth-order valence-corrected chi connectivity index (χ4v) is 2.80. The van der Waals surface area contributed by atoms with E-state index in [4.69, 9.17) is 23.2 Å². The van der Waals surface area contributed by atoms with E-state index in [1.165, 1.54) is 24.3 Å². The minimum atomic E-state index is -0.846. The molecule has 1 saturated heterocycles. The third kappa shape index (κ3) is 3.61. The van der Waals surface area contributed by atoms with Gasteiger partial charge in [-0.2, -0.15) is 0 Å². The molecule has 0 saturated carbocycles. The van der Waals surface area contributed by atoms with Crippen LogP contribution in [0.4, 0.5) is 10.5 Å². The van der Waals surface area contributed by atoms with Gasteiger partial charge in [0.1, 0.15) is 5.57 Å². The van der Waals surface area contributed by atoms with E-state index >= 15 is 0 Å². The molecule has 0 spiro atoms. The van der Waals surface area contributed by atoms with Crippen LogP contribution in [0, 0.1) is 0 Å². The van der Waals surface area contributed by atoms with Gasteiger partial charge in [-0.3, -0.25) is 14.9 Å². The molecule has 0 unspecified atom stereocenters. The second kappa shape index (κ2) is 7.00. The maximum absolute atomic E-state index is 12.7. The van der Waals surface area contributed by atoms with Gasteiger partial charge in [0.15, 0.2) is 0 Å². The number of nitrogens with one attached hydrogen (secondary N) is 1. The number of carbonyl (C=O) groups is 3. The van der Waals surface area contributed by atoms with Crippen LogP contribution in [-0.2, 0) is 9.59 Å². The molecule has 0 atom stereocenters. The van der Waals surface area contributed by atoms with Gasteiger partial charge < -0.3 is 0 Å². The summed E-state index contributed by atoms with van der Waals surface area (Å²) >= 11 is 15.1. The van der Waals surface area contributed by atoms with Crippen molar-refractivity contribution < 1.29 is 14.4 Å². The predicted molar refractivity (Wildman–Crippen MR) is 99.6 cm³/mol. The number of urea groups is 1. The summed E-state index contributed by atoms with van der Waals surface area (Å²) in [6.45, 7) is 0. The zero-order chi connectivity index (χ0) is 18.1. The second-order valence-electron chi connectivity index (χ2n) is 5.11. The molecule has 2 aromatic rings. The molecule has 2 aromatic carbocycles. The third-order valence-corrected chi connectivity index (χ3v) is 4.71. The third-order valence-electron chi connectivity index (χ3n) is 3.44. The van der Waals surface area contributed by atoms with Crippen molar-refractivity contribution in [2.75, 3.05) is 4.90 Å². The molecule has 1 aliphatic heterocycles. The highest BCUT2D eigenvalue weighted by atomic mass is 79.9. The highest BCUT2D eigenvalue weighted by molar-refractivity contribution is 9.10. The number of imide groups is 2. The average molecular weight is 440 g/mol. The van der Waals surface area contributed by atoms with Crippen molar-refractivity contribution in [1.82, 2.24) is 5.32 Å². The Kier molecular flexibility index (Phi) is 4.94. The minimum Gasteiger partial charge on any atom is -0.273 e. The Hall–Kier alpha value is -2.15. The highest BCUT2D eigenvalue weighted by Crippen LogP contribution is 2.29. The number of hydrogen-bond acceptors (Lipinski definition) is 3. The first kappa shape index (κ1) is 17.7. The number of benzene rings is 2. The first-order chi connectivity index (χ1) is 11.9. The average Bonchev–Trinajstić information content (AvgIpc) is 2.56. The Morgan fingerprint density at radius 3 is 2.28 bits per heavy atom. The summed E-state index contributed by atoms with van der Waals surface area (Å²) in [5, 5.41) is 2.63. The van der Waals surface area contributed by atoms with E-state index in [-0.39, 0.29) is 21.3 Å². The van der Waals surface area contributed by atoms with Crippen LogP contribution in [-0.4, -0.2) is 17.8 Å². The molecule has 1 N–H and O–H groups in total. The predicted octanol–water partition coefficient (Wildman–Crippen LogP) is 4.42. The number of barbiturate groups is 1. The summed E-state index contributed by atoms with van der Waals surface area (Å²) in [5.74, 6) is -1.50. The van der Waals surface area contributed by atoms with Crippen LogP contribution < -0.4 is 10.2 Å². The van der Waals surface area contributed by atoms with Crippen molar-refractivity contribution in [2.24, 2.45) is 0 Å². The van der Waals surface area contributed by atoms with E-state index in [0.717, 1.165) is 9.37 Å². The molecule has 0 bridgehead atoms. The highest BCUT2D eigenvalue weighted by Gasteiger charge is 2.36. The summed E-state index contributed by atoms with van der Waals surface area (Å²) < 4.78 is 0.863. The number of hydrogen-bond donors (Lipinski definition) is 1. The molecule has 5 nitrogen and oxygen atoms in total. The van der Waals surface area contributed by atoms with Crippen LogP contribution in [0.1, 0.15) is 5.56 Å². The Morgan fingerprint density at radius 1 is 0.960 bits per heavy atom. The molecular formula is C17H9BrCl2N2O3. The van der Waals surface area contributed by atoms with Crippen LogP contribution in [0.3, 0.4) is 0 Å². The summed E-state index contributed by atoms with van der Waals surface area (Å²) in [7, 11) is 0. The molecule has 25 heavy (non-hydrogen) atoms. The lowest BCUT2D eigenvalue weighted by Gasteiger charge is -2.26. The van der Waals surface area contributed by atoms with Gasteiger partial charge in [-0.05, 0) is 42.0 Å². The molecule has 126 valence electrons. The van der Waals surface area contributed by atoms with E-state index in [2.05, 4.69) is 21.2 Å². The zero-order valence-electron chi connectivity index (χ0n) is 12.4. The number of amides is 4. The smallest absolute Gasteiger partial charge is 0.273 e. The van der Waals surface area contributed by atoms with E-state index < -0.39 is 17.8 Å². The number of rotatable bonds is 2. The lowest BCUT2D eigenvalue weighted by molar-refractivity contribution is -0.122. The van der Waals surface area contributed by atoms with Crippen LogP contribution >= 0.6 is 39.1 Å². The van der Waals surface area contributed by atoms with Crippen molar-refractivity contribution in [3.05, 3.63) is 68.1 Å². The Bertz CT molecular complexity index is 926. The van der Waals surface area contributed by atoms with E-state index in [0.29, 0.717) is 5.56 Å². The summed E-state index contributed by atoms with van der Waals surface area (Å²) in [6.07, 6.45) is 1.42. The molecular weight excluding hydrogens is 431 g/mol.